The molecule has 0 unspecified atom stereocenters. The quantitative estimate of drug-likeness (QED) is 0.833. The van der Waals surface area contributed by atoms with E-state index < -0.39 is 5.41 Å². The molecule has 0 saturated carbocycles. The van der Waals surface area contributed by atoms with Crippen LogP contribution >= 0.6 is 11.8 Å². The molecule has 0 radical (unpaired) electrons. The van der Waals surface area contributed by atoms with Crippen molar-refractivity contribution in [3.8, 4) is 0 Å². The molecule has 0 spiro atoms. The summed E-state index contributed by atoms with van der Waals surface area (Å²) in [6.07, 6.45) is 4.55. The standard InChI is InChI=1S/C17H30N2O3S/c1-12(7-8-13-6-5-9-22-13)18-15(20)14-10-23-11-19(14)16(21)17(2,3)4/h12-14H,5-11H2,1-4H3,(H,18,20)/t12-,13+,14-/m1/s1. The highest BCUT2D eigenvalue weighted by molar-refractivity contribution is 7.99. The SMILES string of the molecule is C[C@H](CC[C@@H]1CCCO1)NC(=O)[C@H]1CSCN1C(=O)C(C)(C)C. The molecule has 2 aliphatic rings. The fraction of sp³-hybridized carbons (Fsp3) is 0.882. The molecule has 1 N–H and O–H groups in total. The summed E-state index contributed by atoms with van der Waals surface area (Å²) >= 11 is 1.65. The van der Waals surface area contributed by atoms with E-state index >= 15 is 0 Å². The summed E-state index contributed by atoms with van der Waals surface area (Å²) in [6, 6.07) is -0.221. The maximum Gasteiger partial charge on any atom is 0.243 e. The normalized spacial score (nSPS) is 26.3. The van der Waals surface area contributed by atoms with Crippen molar-refractivity contribution in [2.75, 3.05) is 18.2 Å². The first-order chi connectivity index (χ1) is 10.8. The molecule has 2 aliphatic heterocycles. The van der Waals surface area contributed by atoms with Gasteiger partial charge in [-0.1, -0.05) is 20.8 Å². The van der Waals surface area contributed by atoms with E-state index in [1.54, 1.807) is 16.7 Å². The number of nitrogens with zero attached hydrogens (tertiary/aromatic N) is 1. The lowest BCUT2D eigenvalue weighted by Crippen LogP contribution is -2.51. The number of carbonyl (C=O) groups excluding carboxylic acids is 2. The number of amides is 2. The molecule has 2 amide bonds. The third-order valence-electron chi connectivity index (χ3n) is 4.42. The summed E-state index contributed by atoms with van der Waals surface area (Å²) < 4.78 is 5.63. The van der Waals surface area contributed by atoms with Crippen LogP contribution in [0, 0.1) is 5.41 Å². The topological polar surface area (TPSA) is 58.6 Å². The summed E-state index contributed by atoms with van der Waals surface area (Å²) in [6.45, 7) is 8.60. The van der Waals surface area contributed by atoms with Crippen molar-refractivity contribution in [1.82, 2.24) is 10.2 Å². The molecule has 0 aromatic heterocycles. The average Bonchev–Trinajstić information content (AvgIpc) is 3.14. The Kier molecular flexibility index (Phi) is 6.37. The van der Waals surface area contributed by atoms with Gasteiger partial charge in [-0.3, -0.25) is 9.59 Å². The zero-order chi connectivity index (χ0) is 17.0. The van der Waals surface area contributed by atoms with Gasteiger partial charge in [-0.2, -0.15) is 0 Å². The van der Waals surface area contributed by atoms with E-state index in [0.29, 0.717) is 17.7 Å². The van der Waals surface area contributed by atoms with Crippen molar-refractivity contribution in [3.63, 3.8) is 0 Å². The van der Waals surface area contributed by atoms with Gasteiger partial charge in [0.2, 0.25) is 11.8 Å². The highest BCUT2D eigenvalue weighted by atomic mass is 32.2. The summed E-state index contributed by atoms with van der Waals surface area (Å²) in [5.41, 5.74) is -0.450. The lowest BCUT2D eigenvalue weighted by atomic mass is 9.94. The largest absolute Gasteiger partial charge is 0.378 e. The van der Waals surface area contributed by atoms with E-state index in [9.17, 15) is 9.59 Å². The van der Waals surface area contributed by atoms with Crippen LogP contribution in [0.4, 0.5) is 0 Å². The second kappa shape index (κ2) is 7.88. The fourth-order valence-corrected chi connectivity index (χ4v) is 4.16. The zero-order valence-corrected chi connectivity index (χ0v) is 15.6. The predicted molar refractivity (Wildman–Crippen MR) is 93.2 cm³/mol. The third-order valence-corrected chi connectivity index (χ3v) is 5.43. The molecule has 2 rings (SSSR count). The first-order valence-electron chi connectivity index (χ1n) is 8.60. The van der Waals surface area contributed by atoms with Gasteiger partial charge < -0.3 is 15.0 Å². The van der Waals surface area contributed by atoms with Crippen LogP contribution in [0.3, 0.4) is 0 Å². The molecule has 23 heavy (non-hydrogen) atoms. The van der Waals surface area contributed by atoms with E-state index in [-0.39, 0.29) is 23.9 Å². The van der Waals surface area contributed by atoms with Crippen LogP contribution in [-0.4, -0.2) is 53.1 Å². The second-order valence-corrected chi connectivity index (χ2v) is 8.66. The molecule has 5 nitrogen and oxygen atoms in total. The molecule has 0 aromatic rings. The van der Waals surface area contributed by atoms with Gasteiger partial charge in [0.25, 0.3) is 0 Å². The van der Waals surface area contributed by atoms with E-state index in [0.717, 1.165) is 32.3 Å². The minimum Gasteiger partial charge on any atom is -0.378 e. The molecule has 2 fully saturated rings. The molecule has 2 saturated heterocycles. The zero-order valence-electron chi connectivity index (χ0n) is 14.8. The van der Waals surface area contributed by atoms with Gasteiger partial charge in [0.15, 0.2) is 0 Å². The van der Waals surface area contributed by atoms with Gasteiger partial charge in [0.05, 0.1) is 12.0 Å². The van der Waals surface area contributed by atoms with Crippen molar-refractivity contribution < 1.29 is 14.3 Å². The number of ether oxygens (including phenoxy) is 1. The monoisotopic (exact) mass is 342 g/mol. The number of carbonyl (C=O) groups is 2. The van der Waals surface area contributed by atoms with Crippen LogP contribution in [0.25, 0.3) is 0 Å². The molecule has 132 valence electrons. The van der Waals surface area contributed by atoms with Crippen molar-refractivity contribution in [1.29, 1.82) is 0 Å². The lowest BCUT2D eigenvalue weighted by Gasteiger charge is -2.30. The Hall–Kier alpha value is -0.750. The summed E-state index contributed by atoms with van der Waals surface area (Å²) in [5, 5.41) is 3.08. The van der Waals surface area contributed by atoms with Crippen molar-refractivity contribution >= 4 is 23.6 Å². The first-order valence-corrected chi connectivity index (χ1v) is 9.75. The van der Waals surface area contributed by atoms with Crippen LogP contribution in [-0.2, 0) is 14.3 Å². The molecule has 3 atom stereocenters. The summed E-state index contributed by atoms with van der Waals surface area (Å²) in [4.78, 5) is 26.8. The molecule has 0 aliphatic carbocycles. The fourth-order valence-electron chi connectivity index (χ4n) is 3.01. The van der Waals surface area contributed by atoms with Crippen LogP contribution in [0.15, 0.2) is 0 Å². The third kappa shape index (κ3) is 5.11. The molecule has 0 aromatic carbocycles. The Balaban J connectivity index is 1.82. The Morgan fingerprint density at radius 2 is 2.13 bits per heavy atom. The number of rotatable bonds is 5. The van der Waals surface area contributed by atoms with E-state index in [1.807, 2.05) is 27.7 Å². The van der Waals surface area contributed by atoms with Gasteiger partial charge in [0.1, 0.15) is 6.04 Å². The van der Waals surface area contributed by atoms with Gasteiger partial charge >= 0.3 is 0 Å². The van der Waals surface area contributed by atoms with E-state index in [4.69, 9.17) is 4.74 Å². The maximum atomic E-state index is 12.5. The van der Waals surface area contributed by atoms with Crippen LogP contribution in [0.2, 0.25) is 0 Å². The van der Waals surface area contributed by atoms with Crippen LogP contribution in [0.1, 0.15) is 53.4 Å². The van der Waals surface area contributed by atoms with E-state index in [1.165, 1.54) is 0 Å². The second-order valence-electron chi connectivity index (χ2n) is 7.66. The highest BCUT2D eigenvalue weighted by Crippen LogP contribution is 2.27. The molecule has 2 heterocycles. The summed E-state index contributed by atoms with van der Waals surface area (Å²) in [5.74, 6) is 1.33. The van der Waals surface area contributed by atoms with Crippen LogP contribution < -0.4 is 5.32 Å². The smallest absolute Gasteiger partial charge is 0.243 e. The number of hydrogen-bond donors (Lipinski definition) is 1. The number of hydrogen-bond acceptors (Lipinski definition) is 4. The Morgan fingerprint density at radius 3 is 2.74 bits per heavy atom. The summed E-state index contributed by atoms with van der Waals surface area (Å²) in [7, 11) is 0. The maximum absolute atomic E-state index is 12.5. The minimum atomic E-state index is -0.450. The Morgan fingerprint density at radius 1 is 1.39 bits per heavy atom. The van der Waals surface area contributed by atoms with Gasteiger partial charge in [-0.15, -0.1) is 11.8 Å². The van der Waals surface area contributed by atoms with Crippen molar-refractivity contribution in [2.45, 2.75) is 71.6 Å². The predicted octanol–water partition coefficient (Wildman–Crippen LogP) is 2.40. The molecule has 0 bridgehead atoms. The van der Waals surface area contributed by atoms with Gasteiger partial charge in [0, 0.05) is 23.8 Å². The van der Waals surface area contributed by atoms with Crippen molar-refractivity contribution in [3.05, 3.63) is 0 Å². The number of nitrogens with one attached hydrogen (secondary N) is 1. The van der Waals surface area contributed by atoms with Gasteiger partial charge in [-0.25, -0.2) is 0 Å². The lowest BCUT2D eigenvalue weighted by molar-refractivity contribution is -0.144. The minimum absolute atomic E-state index is 0.0209. The van der Waals surface area contributed by atoms with E-state index in [2.05, 4.69) is 5.32 Å². The van der Waals surface area contributed by atoms with Gasteiger partial charge in [-0.05, 0) is 32.6 Å². The molecule has 6 heteroatoms. The Labute approximate surface area is 143 Å². The van der Waals surface area contributed by atoms with Crippen LogP contribution in [0.5, 0.6) is 0 Å². The van der Waals surface area contributed by atoms with Crippen molar-refractivity contribution in [2.24, 2.45) is 5.41 Å². The first kappa shape index (κ1) is 18.6. The molecular formula is C17H30N2O3S. The highest BCUT2D eigenvalue weighted by Gasteiger charge is 2.39. The average molecular weight is 343 g/mol. The Bertz CT molecular complexity index is 430. The molecular weight excluding hydrogens is 312 g/mol. The number of thioether (sulfide) groups is 1.